The maximum absolute atomic E-state index is 9.62. The van der Waals surface area contributed by atoms with Crippen molar-refractivity contribution in [3.8, 4) is 11.8 Å². The van der Waals surface area contributed by atoms with E-state index >= 15 is 0 Å². The summed E-state index contributed by atoms with van der Waals surface area (Å²) in [5.41, 5.74) is 2.25. The number of halogens is 1. The van der Waals surface area contributed by atoms with Gasteiger partial charge in [-0.1, -0.05) is 54.1 Å². The number of hydrogen-bond acceptors (Lipinski definition) is 2. The van der Waals surface area contributed by atoms with E-state index in [1.807, 2.05) is 61.5 Å². The zero-order chi connectivity index (χ0) is 16.9. The lowest BCUT2D eigenvalue weighted by molar-refractivity contribution is 0.340. The molecule has 0 aliphatic rings. The minimum Gasteiger partial charge on any atom is -0.493 e. The highest BCUT2D eigenvalue weighted by molar-refractivity contribution is 6.30. The van der Waals surface area contributed by atoms with Gasteiger partial charge in [-0.3, -0.25) is 0 Å². The van der Waals surface area contributed by atoms with Crippen molar-refractivity contribution in [2.45, 2.75) is 6.92 Å². The van der Waals surface area contributed by atoms with E-state index in [4.69, 9.17) is 16.3 Å². The number of allylic oxidation sites excluding steroid dienone is 1. The van der Waals surface area contributed by atoms with Crippen molar-refractivity contribution in [2.75, 3.05) is 6.61 Å². The first kappa shape index (κ1) is 16.1. The standard InChI is InChI=1S/C21H16ClNO/c1-2-24-21-11-10-15-6-3-4-9-19(15)20(21)13-17(14-23)16-7-5-8-18(22)12-16/h3-13H,2H2,1H3/b17-13+. The van der Waals surface area contributed by atoms with Gasteiger partial charge in [0.15, 0.2) is 0 Å². The molecule has 0 heterocycles. The average Bonchev–Trinajstić information content (AvgIpc) is 2.61. The highest BCUT2D eigenvalue weighted by Crippen LogP contribution is 2.32. The maximum Gasteiger partial charge on any atom is 0.127 e. The Labute approximate surface area is 146 Å². The van der Waals surface area contributed by atoms with Crippen LogP contribution in [0.5, 0.6) is 5.75 Å². The number of nitrogens with zero attached hydrogens (tertiary/aromatic N) is 1. The van der Waals surface area contributed by atoms with Crippen LogP contribution in [0.3, 0.4) is 0 Å². The Hall–Kier alpha value is -2.76. The minimum absolute atomic E-state index is 0.551. The number of ether oxygens (including phenoxy) is 1. The summed E-state index contributed by atoms with van der Waals surface area (Å²) in [5.74, 6) is 0.769. The lowest BCUT2D eigenvalue weighted by Gasteiger charge is -2.11. The van der Waals surface area contributed by atoms with Crippen molar-refractivity contribution >= 4 is 34.0 Å². The van der Waals surface area contributed by atoms with Gasteiger partial charge in [0.05, 0.1) is 18.2 Å². The summed E-state index contributed by atoms with van der Waals surface area (Å²) in [6, 6.07) is 21.6. The predicted octanol–water partition coefficient (Wildman–Crippen LogP) is 5.96. The monoisotopic (exact) mass is 333 g/mol. The van der Waals surface area contributed by atoms with Crippen molar-refractivity contribution in [1.82, 2.24) is 0 Å². The molecule has 2 nitrogen and oxygen atoms in total. The Morgan fingerprint density at radius 2 is 1.96 bits per heavy atom. The first-order chi connectivity index (χ1) is 11.7. The van der Waals surface area contributed by atoms with Gasteiger partial charge in [0, 0.05) is 10.6 Å². The van der Waals surface area contributed by atoms with Crippen LogP contribution >= 0.6 is 11.6 Å². The van der Waals surface area contributed by atoms with Crippen LogP contribution in [0.25, 0.3) is 22.4 Å². The van der Waals surface area contributed by atoms with Crippen LogP contribution in [0.4, 0.5) is 0 Å². The molecule has 0 saturated heterocycles. The van der Waals surface area contributed by atoms with Crippen LogP contribution < -0.4 is 4.74 Å². The molecule has 0 spiro atoms. The molecule has 0 aliphatic carbocycles. The molecule has 0 amide bonds. The molecule has 3 rings (SSSR count). The summed E-state index contributed by atoms with van der Waals surface area (Å²) < 4.78 is 5.77. The Morgan fingerprint density at radius 3 is 2.71 bits per heavy atom. The van der Waals surface area contributed by atoms with Gasteiger partial charge < -0.3 is 4.74 Å². The average molecular weight is 334 g/mol. The first-order valence-corrected chi connectivity index (χ1v) is 8.13. The maximum atomic E-state index is 9.62. The van der Waals surface area contributed by atoms with E-state index < -0.39 is 0 Å². The van der Waals surface area contributed by atoms with Crippen molar-refractivity contribution in [3.05, 3.63) is 76.8 Å². The number of rotatable bonds is 4. The fourth-order valence-electron chi connectivity index (χ4n) is 2.69. The zero-order valence-electron chi connectivity index (χ0n) is 13.3. The van der Waals surface area contributed by atoms with Gasteiger partial charge in [-0.25, -0.2) is 0 Å². The van der Waals surface area contributed by atoms with Crippen LogP contribution in [0.15, 0.2) is 60.7 Å². The zero-order valence-corrected chi connectivity index (χ0v) is 14.0. The van der Waals surface area contributed by atoms with Crippen molar-refractivity contribution < 1.29 is 4.74 Å². The van der Waals surface area contributed by atoms with Crippen molar-refractivity contribution in [1.29, 1.82) is 5.26 Å². The Bertz CT molecular complexity index is 953. The van der Waals surface area contributed by atoms with Crippen LogP contribution in [-0.2, 0) is 0 Å². The Morgan fingerprint density at radius 1 is 1.12 bits per heavy atom. The molecule has 118 valence electrons. The van der Waals surface area contributed by atoms with Crippen LogP contribution in [-0.4, -0.2) is 6.61 Å². The van der Waals surface area contributed by atoms with Crippen LogP contribution in [0, 0.1) is 11.3 Å². The normalized spacial score (nSPS) is 11.3. The van der Waals surface area contributed by atoms with Gasteiger partial charge in [-0.05, 0) is 47.5 Å². The third-order valence-corrected chi connectivity index (χ3v) is 4.01. The Balaban J connectivity index is 2.23. The summed E-state index contributed by atoms with van der Waals surface area (Å²) in [4.78, 5) is 0. The van der Waals surface area contributed by atoms with E-state index in [-0.39, 0.29) is 0 Å². The smallest absolute Gasteiger partial charge is 0.127 e. The van der Waals surface area contributed by atoms with Gasteiger partial charge in [-0.15, -0.1) is 0 Å². The van der Waals surface area contributed by atoms with Crippen molar-refractivity contribution in [2.24, 2.45) is 0 Å². The predicted molar refractivity (Wildman–Crippen MR) is 100 cm³/mol. The molecule has 0 aliphatic heterocycles. The fraction of sp³-hybridized carbons (Fsp3) is 0.0952. The highest BCUT2D eigenvalue weighted by Gasteiger charge is 2.09. The van der Waals surface area contributed by atoms with E-state index in [1.54, 1.807) is 12.1 Å². The molecule has 0 N–H and O–H groups in total. The highest BCUT2D eigenvalue weighted by atomic mass is 35.5. The third-order valence-electron chi connectivity index (χ3n) is 3.78. The molecule has 0 aromatic heterocycles. The quantitative estimate of drug-likeness (QED) is 0.436. The summed E-state index contributed by atoms with van der Waals surface area (Å²) in [7, 11) is 0. The van der Waals surface area contributed by atoms with Gasteiger partial charge in [-0.2, -0.15) is 5.26 Å². The second kappa shape index (κ2) is 7.21. The molecule has 0 radical (unpaired) electrons. The van der Waals surface area contributed by atoms with Crippen LogP contribution in [0.2, 0.25) is 5.02 Å². The summed E-state index contributed by atoms with van der Waals surface area (Å²) in [6.07, 6.45) is 1.87. The summed E-state index contributed by atoms with van der Waals surface area (Å²) in [6.45, 7) is 2.52. The van der Waals surface area contributed by atoms with Crippen molar-refractivity contribution in [3.63, 3.8) is 0 Å². The van der Waals surface area contributed by atoms with Gasteiger partial charge >= 0.3 is 0 Å². The van der Waals surface area contributed by atoms with E-state index in [2.05, 4.69) is 6.07 Å². The lowest BCUT2D eigenvalue weighted by atomic mass is 9.98. The molecular weight excluding hydrogens is 318 g/mol. The molecule has 0 unspecified atom stereocenters. The third kappa shape index (κ3) is 3.27. The molecule has 3 aromatic rings. The summed E-state index contributed by atoms with van der Waals surface area (Å²) >= 11 is 6.06. The first-order valence-electron chi connectivity index (χ1n) is 7.75. The number of benzene rings is 3. The van der Waals surface area contributed by atoms with E-state index in [1.165, 1.54) is 0 Å². The molecule has 24 heavy (non-hydrogen) atoms. The molecule has 3 heteroatoms. The second-order valence-electron chi connectivity index (χ2n) is 5.31. The van der Waals surface area contributed by atoms with E-state index in [0.717, 1.165) is 27.6 Å². The SMILES string of the molecule is CCOc1ccc2ccccc2c1/C=C(\C#N)c1cccc(Cl)c1. The Kier molecular flexibility index (Phi) is 4.84. The van der Waals surface area contributed by atoms with Gasteiger partial charge in [0.2, 0.25) is 0 Å². The van der Waals surface area contributed by atoms with Gasteiger partial charge in [0.1, 0.15) is 5.75 Å². The topological polar surface area (TPSA) is 33.0 Å². The molecule has 0 saturated carbocycles. The molecule has 0 bridgehead atoms. The van der Waals surface area contributed by atoms with E-state index in [9.17, 15) is 5.26 Å². The molecule has 0 fully saturated rings. The molecule has 0 atom stereocenters. The second-order valence-corrected chi connectivity index (χ2v) is 5.75. The summed E-state index contributed by atoms with van der Waals surface area (Å²) in [5, 5.41) is 12.4. The number of fused-ring (bicyclic) bond motifs is 1. The van der Waals surface area contributed by atoms with Crippen LogP contribution in [0.1, 0.15) is 18.1 Å². The number of hydrogen-bond donors (Lipinski definition) is 0. The number of nitriles is 1. The molecule has 3 aromatic carbocycles. The van der Waals surface area contributed by atoms with Gasteiger partial charge in [0.25, 0.3) is 0 Å². The lowest BCUT2D eigenvalue weighted by Crippen LogP contribution is -1.95. The van der Waals surface area contributed by atoms with E-state index in [0.29, 0.717) is 17.2 Å². The minimum atomic E-state index is 0.551. The molecular formula is C21H16ClNO. The fourth-order valence-corrected chi connectivity index (χ4v) is 2.88. The largest absolute Gasteiger partial charge is 0.493 e.